The molecule has 1 saturated heterocycles. The van der Waals surface area contributed by atoms with E-state index in [2.05, 4.69) is 62.1 Å². The van der Waals surface area contributed by atoms with Gasteiger partial charge in [0.2, 0.25) is 0 Å². The normalized spacial score (nSPS) is 16.8. The summed E-state index contributed by atoms with van der Waals surface area (Å²) in [7, 11) is 0. The van der Waals surface area contributed by atoms with Crippen molar-refractivity contribution < 1.29 is 22.7 Å². The molecule has 2 amide bonds. The largest absolute Gasteiger partial charge is 0.573 e. The quantitative estimate of drug-likeness (QED) is 0.221. The topological polar surface area (TPSA) is 84.6 Å². The van der Waals surface area contributed by atoms with Gasteiger partial charge in [-0.15, -0.1) is 18.3 Å². The van der Waals surface area contributed by atoms with E-state index in [0.717, 1.165) is 60.0 Å². The number of aliphatic imine (C=N–C) groups is 1. The number of carbonyl (C=O) groups excluding carboxylic acids is 1. The molecule has 0 bridgehead atoms. The number of urea groups is 1. The number of thioether (sulfide) groups is 1. The molecule has 1 saturated carbocycles. The maximum absolute atomic E-state index is 13.2. The van der Waals surface area contributed by atoms with Gasteiger partial charge in [-0.1, -0.05) is 61.5 Å². The molecule has 2 heterocycles. The van der Waals surface area contributed by atoms with Crippen molar-refractivity contribution in [1.82, 2.24) is 20.1 Å². The molecular weight excluding hydrogens is 589 g/mol. The third-order valence-electron chi connectivity index (χ3n) is 7.64. The molecule has 2 fully saturated rings. The Bertz CT molecular complexity index is 1680. The molecule has 0 unspecified atom stereocenters. The van der Waals surface area contributed by atoms with Crippen molar-refractivity contribution in [3.8, 4) is 22.8 Å². The standard InChI is InChI=1S/C32H31F3N6O2S/c1-3-4-22-6-5-21(2)19-27(22)40-17-18-44-30(40)37-29(42)38-31(15-16-31)24-9-7-23(8-10-24)28-36-20-41(39-28)25-11-13-26(14-12-25)43-32(33,34)35/h5-14,19-20H,3-4,15-18H2,1-2H3,(H,38,42). The summed E-state index contributed by atoms with van der Waals surface area (Å²) in [6.45, 7) is 5.05. The molecule has 6 rings (SSSR count). The molecule has 228 valence electrons. The summed E-state index contributed by atoms with van der Waals surface area (Å²) in [5.41, 5.74) is 5.40. The number of halogens is 3. The van der Waals surface area contributed by atoms with E-state index in [1.165, 1.54) is 46.4 Å². The van der Waals surface area contributed by atoms with Gasteiger partial charge in [-0.25, -0.2) is 14.5 Å². The summed E-state index contributed by atoms with van der Waals surface area (Å²) in [6, 6.07) is 19.2. The second-order valence-electron chi connectivity index (χ2n) is 10.9. The molecule has 0 spiro atoms. The lowest BCUT2D eigenvalue weighted by atomic mass is 10.0. The first-order valence-corrected chi connectivity index (χ1v) is 15.4. The van der Waals surface area contributed by atoms with Gasteiger partial charge in [0.05, 0.1) is 11.2 Å². The predicted octanol–water partition coefficient (Wildman–Crippen LogP) is 7.40. The van der Waals surface area contributed by atoms with Crippen molar-refractivity contribution in [3.63, 3.8) is 0 Å². The molecule has 2 aliphatic rings. The number of carbonyl (C=O) groups is 1. The first-order valence-electron chi connectivity index (χ1n) is 14.4. The van der Waals surface area contributed by atoms with Crippen LogP contribution in [0.5, 0.6) is 5.75 Å². The Kier molecular flexibility index (Phi) is 8.10. The summed E-state index contributed by atoms with van der Waals surface area (Å²) < 4.78 is 42.7. The van der Waals surface area contributed by atoms with E-state index in [0.29, 0.717) is 11.5 Å². The molecule has 1 N–H and O–H groups in total. The first-order chi connectivity index (χ1) is 21.1. The van der Waals surface area contributed by atoms with Gasteiger partial charge in [0, 0.05) is 23.5 Å². The van der Waals surface area contributed by atoms with Gasteiger partial charge in [-0.2, -0.15) is 4.99 Å². The number of alkyl halides is 3. The van der Waals surface area contributed by atoms with Gasteiger partial charge >= 0.3 is 12.4 Å². The van der Waals surface area contributed by atoms with Crippen molar-refractivity contribution in [1.29, 1.82) is 0 Å². The van der Waals surface area contributed by atoms with E-state index in [-0.39, 0.29) is 11.8 Å². The monoisotopic (exact) mass is 620 g/mol. The van der Waals surface area contributed by atoms with Crippen molar-refractivity contribution in [2.75, 3.05) is 17.2 Å². The number of rotatable bonds is 8. The zero-order chi connectivity index (χ0) is 30.9. The molecule has 1 aliphatic heterocycles. The highest BCUT2D eigenvalue weighted by Crippen LogP contribution is 2.46. The summed E-state index contributed by atoms with van der Waals surface area (Å²) in [6.07, 6.45) is 0.399. The van der Waals surface area contributed by atoms with Crippen LogP contribution >= 0.6 is 11.8 Å². The average Bonchev–Trinajstić information content (AvgIpc) is 3.36. The van der Waals surface area contributed by atoms with Crippen molar-refractivity contribution in [3.05, 3.63) is 89.7 Å². The number of aryl methyl sites for hydroxylation is 2. The highest BCUT2D eigenvalue weighted by molar-refractivity contribution is 8.14. The number of aromatic nitrogens is 3. The number of hydrogen-bond donors (Lipinski definition) is 1. The Morgan fingerprint density at radius 1 is 1.09 bits per heavy atom. The lowest BCUT2D eigenvalue weighted by Crippen LogP contribution is -2.34. The number of hydrogen-bond acceptors (Lipinski definition) is 5. The van der Waals surface area contributed by atoms with Crippen LogP contribution in [0.1, 0.15) is 42.9 Å². The summed E-state index contributed by atoms with van der Waals surface area (Å²) in [5.74, 6) is 1.03. The first kappa shape index (κ1) is 29.7. The van der Waals surface area contributed by atoms with Gasteiger partial charge in [0.15, 0.2) is 11.0 Å². The number of nitrogens with zero attached hydrogens (tertiary/aromatic N) is 5. The zero-order valence-electron chi connectivity index (χ0n) is 24.3. The van der Waals surface area contributed by atoms with E-state index < -0.39 is 11.9 Å². The van der Waals surface area contributed by atoms with Crippen LogP contribution in [0, 0.1) is 6.92 Å². The van der Waals surface area contributed by atoms with Gasteiger partial charge in [-0.05, 0) is 73.2 Å². The van der Waals surface area contributed by atoms with Gasteiger partial charge < -0.3 is 15.0 Å². The second-order valence-corrected chi connectivity index (χ2v) is 12.0. The second kappa shape index (κ2) is 12.0. The number of amides is 2. The van der Waals surface area contributed by atoms with Gasteiger partial charge in [0.1, 0.15) is 12.1 Å². The molecular formula is C32H31F3N6O2S. The maximum Gasteiger partial charge on any atom is 0.573 e. The van der Waals surface area contributed by atoms with E-state index in [1.807, 2.05) is 24.3 Å². The van der Waals surface area contributed by atoms with Crippen LogP contribution in [-0.4, -0.2) is 44.6 Å². The fourth-order valence-electron chi connectivity index (χ4n) is 5.31. The molecule has 1 aromatic heterocycles. The van der Waals surface area contributed by atoms with Gasteiger partial charge in [0.25, 0.3) is 0 Å². The Balaban J connectivity index is 1.13. The van der Waals surface area contributed by atoms with Crippen LogP contribution < -0.4 is 15.0 Å². The van der Waals surface area contributed by atoms with Crippen LogP contribution in [0.4, 0.5) is 23.7 Å². The summed E-state index contributed by atoms with van der Waals surface area (Å²) in [4.78, 5) is 24.2. The number of amidine groups is 1. The van der Waals surface area contributed by atoms with Crippen molar-refractivity contribution in [2.45, 2.75) is 51.4 Å². The number of nitrogens with one attached hydrogen (secondary N) is 1. The maximum atomic E-state index is 13.2. The fourth-order valence-corrected chi connectivity index (χ4v) is 6.26. The lowest BCUT2D eigenvalue weighted by Gasteiger charge is -2.22. The average molecular weight is 621 g/mol. The molecule has 44 heavy (non-hydrogen) atoms. The molecule has 8 nitrogen and oxygen atoms in total. The van der Waals surface area contributed by atoms with Crippen LogP contribution in [-0.2, 0) is 12.0 Å². The van der Waals surface area contributed by atoms with Crippen molar-refractivity contribution >= 4 is 28.6 Å². The van der Waals surface area contributed by atoms with Crippen LogP contribution in [0.25, 0.3) is 17.1 Å². The smallest absolute Gasteiger partial charge is 0.406 e. The molecule has 0 atom stereocenters. The minimum atomic E-state index is -4.75. The van der Waals surface area contributed by atoms with E-state index >= 15 is 0 Å². The summed E-state index contributed by atoms with van der Waals surface area (Å²) in [5, 5.41) is 8.35. The molecule has 3 aromatic carbocycles. The van der Waals surface area contributed by atoms with E-state index in [9.17, 15) is 18.0 Å². The molecule has 1 aliphatic carbocycles. The third kappa shape index (κ3) is 6.59. The Morgan fingerprint density at radius 2 is 1.84 bits per heavy atom. The highest BCUT2D eigenvalue weighted by Gasteiger charge is 2.46. The van der Waals surface area contributed by atoms with E-state index in [1.54, 1.807) is 11.8 Å². The number of ether oxygens (including phenoxy) is 1. The molecule has 12 heteroatoms. The third-order valence-corrected chi connectivity index (χ3v) is 8.60. The van der Waals surface area contributed by atoms with Gasteiger partial charge in [-0.3, -0.25) is 0 Å². The predicted molar refractivity (Wildman–Crippen MR) is 165 cm³/mol. The zero-order valence-corrected chi connectivity index (χ0v) is 25.1. The van der Waals surface area contributed by atoms with Crippen LogP contribution in [0.3, 0.4) is 0 Å². The Morgan fingerprint density at radius 3 is 2.52 bits per heavy atom. The molecule has 4 aromatic rings. The van der Waals surface area contributed by atoms with E-state index in [4.69, 9.17) is 0 Å². The summed E-state index contributed by atoms with van der Waals surface area (Å²) >= 11 is 1.60. The number of anilines is 1. The Hall–Kier alpha value is -4.32. The highest BCUT2D eigenvalue weighted by atomic mass is 32.2. The lowest BCUT2D eigenvalue weighted by molar-refractivity contribution is -0.274. The minimum absolute atomic E-state index is 0.309. The molecule has 0 radical (unpaired) electrons. The van der Waals surface area contributed by atoms with Crippen LogP contribution in [0.2, 0.25) is 0 Å². The van der Waals surface area contributed by atoms with Crippen molar-refractivity contribution in [2.24, 2.45) is 4.99 Å². The SMILES string of the molecule is CCCc1ccc(C)cc1N1CCSC1=NC(=O)NC1(c2ccc(-c3ncn(-c4ccc(OC(F)(F)F)cc4)n3)cc2)CC1. The minimum Gasteiger partial charge on any atom is -0.406 e. The fraction of sp³-hybridized carbons (Fsp3) is 0.312. The van der Waals surface area contributed by atoms with Crippen LogP contribution in [0.15, 0.2) is 78.0 Å². The Labute approximate surface area is 257 Å². The number of benzene rings is 3.